The molecule has 0 saturated heterocycles. The average molecular weight is 931 g/mol. The molecular weight excluding hydrogens is 817 g/mol. The Kier molecular flexibility index (Phi) is 57.5. The first-order valence-corrected chi connectivity index (χ1v) is 27.5. The van der Waals surface area contributed by atoms with E-state index >= 15 is 0 Å². The van der Waals surface area contributed by atoms with Crippen molar-refractivity contribution in [1.29, 1.82) is 0 Å². The zero-order chi connectivity index (χ0) is 44.9. The number of hydrogen-bond donors (Lipinski definition) is 0. The molecule has 59 heavy (non-hydrogen) atoms. The highest BCUT2D eigenvalue weighted by Gasteiger charge is 2.26. The third-order valence-electron chi connectivity index (χ3n) is 12.1. The van der Waals surface area contributed by atoms with Gasteiger partial charge in [0.1, 0.15) is 0 Å². The first-order valence-electron chi connectivity index (χ1n) is 26.0. The van der Waals surface area contributed by atoms with Crippen LogP contribution in [0.1, 0.15) is 244 Å². The molecule has 0 saturated carbocycles. The second-order valence-electron chi connectivity index (χ2n) is 17.8. The van der Waals surface area contributed by atoms with Gasteiger partial charge in [0, 0.05) is 6.61 Å². The third kappa shape index (κ3) is 44.9. The molecular formula is C50H113BrN3O4P. The maximum Gasteiger partial charge on any atom is 0.0786 e. The van der Waals surface area contributed by atoms with Crippen molar-refractivity contribution in [3.63, 3.8) is 0 Å². The van der Waals surface area contributed by atoms with E-state index in [9.17, 15) is 14.4 Å². The minimum Gasteiger partial charge on any atom is -1.00 e. The van der Waals surface area contributed by atoms with Crippen molar-refractivity contribution < 1.29 is 49.3 Å². The summed E-state index contributed by atoms with van der Waals surface area (Å²) in [6.45, 7) is 46.4. The normalized spacial score (nSPS) is 11.8. The Bertz CT molecular complexity index is 634. The molecule has 364 valence electrons. The lowest BCUT2D eigenvalue weighted by molar-refractivity contribution is -0.929. The Hall–Kier alpha value is 0.470. The largest absolute Gasteiger partial charge is 1.00 e. The average Bonchev–Trinajstić information content (AvgIpc) is 3.22. The molecule has 0 heterocycles. The summed E-state index contributed by atoms with van der Waals surface area (Å²) in [6.07, 6.45) is 33.2. The van der Waals surface area contributed by atoms with Crippen LogP contribution in [0.15, 0.2) is 0 Å². The molecule has 0 bridgehead atoms. The van der Waals surface area contributed by atoms with Crippen LogP contribution in [0, 0.1) is 0 Å². The van der Waals surface area contributed by atoms with Gasteiger partial charge in [-0.25, -0.2) is 0 Å². The van der Waals surface area contributed by atoms with Gasteiger partial charge in [0.05, 0.1) is 86.4 Å². The minimum absolute atomic E-state index is 0. The molecule has 0 atom stereocenters. The van der Waals surface area contributed by atoms with E-state index in [4.69, 9.17) is 0 Å². The number of hydrogen-bond acceptors (Lipinski definition) is 4. The molecule has 9 heteroatoms. The van der Waals surface area contributed by atoms with E-state index in [1.165, 1.54) is 253 Å². The van der Waals surface area contributed by atoms with E-state index < -0.39 is 7.82 Å². The number of halogens is 1. The summed E-state index contributed by atoms with van der Waals surface area (Å²) in [7, 11) is -4.67. The van der Waals surface area contributed by atoms with Crippen LogP contribution in [0.25, 0.3) is 0 Å². The summed E-state index contributed by atoms with van der Waals surface area (Å²) >= 11 is 0. The fourth-order valence-electron chi connectivity index (χ4n) is 8.09. The van der Waals surface area contributed by atoms with Crippen LogP contribution < -0.4 is 26.8 Å². The van der Waals surface area contributed by atoms with Crippen molar-refractivity contribution in [2.45, 2.75) is 244 Å². The summed E-state index contributed by atoms with van der Waals surface area (Å²) in [5.41, 5.74) is 0. The van der Waals surface area contributed by atoms with Gasteiger partial charge in [0.15, 0.2) is 0 Å². The van der Waals surface area contributed by atoms with E-state index in [1.54, 1.807) is 0 Å². The van der Waals surface area contributed by atoms with Crippen LogP contribution in [0.3, 0.4) is 0 Å². The molecule has 0 radical (unpaired) electrons. The zero-order valence-corrected chi connectivity index (χ0v) is 45.4. The van der Waals surface area contributed by atoms with E-state index in [0.29, 0.717) is 0 Å². The fourth-order valence-corrected chi connectivity index (χ4v) is 8.41. The van der Waals surface area contributed by atoms with Gasteiger partial charge < -0.3 is 49.3 Å². The van der Waals surface area contributed by atoms with Gasteiger partial charge in [0.25, 0.3) is 0 Å². The van der Waals surface area contributed by atoms with Crippen molar-refractivity contribution in [2.75, 3.05) is 85.1 Å². The van der Waals surface area contributed by atoms with Crippen LogP contribution in [0.4, 0.5) is 0 Å². The highest BCUT2D eigenvalue weighted by Crippen LogP contribution is 2.23. The Balaban J connectivity index is -0.000000226. The predicted octanol–water partition coefficient (Wildman–Crippen LogP) is 10.9. The molecule has 0 amide bonds. The standard InChI is InChI=1S/3C16H36N.C2H7O4P.BrH/c3*1-5-9-13-17(14-10-6-2,15-11-7-3)16-12-8-4;1-2-6-7(3,4)5;/h3*5-16H2,1-4H3;2H2,1H3,(H2,3,4,5);1H/q3*+1;;/p-3. The fraction of sp³-hybridized carbons (Fsp3) is 1.00. The van der Waals surface area contributed by atoms with Crippen molar-refractivity contribution >= 4 is 7.82 Å². The van der Waals surface area contributed by atoms with E-state index in [-0.39, 0.29) is 23.6 Å². The van der Waals surface area contributed by atoms with Crippen molar-refractivity contribution in [3.05, 3.63) is 0 Å². The molecule has 7 nitrogen and oxygen atoms in total. The Morgan fingerprint density at radius 2 is 0.424 bits per heavy atom. The van der Waals surface area contributed by atoms with Crippen molar-refractivity contribution in [2.24, 2.45) is 0 Å². The molecule has 0 aliphatic heterocycles. The van der Waals surface area contributed by atoms with Crippen LogP contribution in [-0.4, -0.2) is 98.6 Å². The molecule has 0 aromatic rings. The van der Waals surface area contributed by atoms with Crippen molar-refractivity contribution in [1.82, 2.24) is 0 Å². The number of quaternary nitrogens is 3. The summed E-state index contributed by atoms with van der Waals surface area (Å²) in [4.78, 5) is 19.0. The maximum atomic E-state index is 9.48. The lowest BCUT2D eigenvalue weighted by Gasteiger charge is -2.39. The molecule has 0 N–H and O–H groups in total. The first-order chi connectivity index (χ1) is 27.8. The second kappa shape index (κ2) is 49.5. The van der Waals surface area contributed by atoms with Crippen LogP contribution >= 0.6 is 7.82 Å². The van der Waals surface area contributed by atoms with Crippen molar-refractivity contribution in [3.8, 4) is 0 Å². The Morgan fingerprint density at radius 3 is 0.475 bits per heavy atom. The monoisotopic (exact) mass is 930 g/mol. The molecule has 0 aliphatic carbocycles. The van der Waals surface area contributed by atoms with E-state index in [1.807, 2.05) is 0 Å². The molecule has 0 aliphatic rings. The van der Waals surface area contributed by atoms with Crippen LogP contribution in [0.2, 0.25) is 0 Å². The number of rotatable bonds is 38. The van der Waals surface area contributed by atoms with Gasteiger partial charge in [-0.15, -0.1) is 0 Å². The summed E-state index contributed by atoms with van der Waals surface area (Å²) in [5, 5.41) is 0. The first kappa shape index (κ1) is 68.5. The topological polar surface area (TPSA) is 72.4 Å². The number of phosphoric ester groups is 1. The molecule has 0 aromatic heterocycles. The van der Waals surface area contributed by atoms with Gasteiger partial charge >= 0.3 is 0 Å². The molecule has 0 unspecified atom stereocenters. The summed E-state index contributed by atoms with van der Waals surface area (Å²) in [6, 6.07) is 0. The van der Waals surface area contributed by atoms with Gasteiger partial charge in [0.2, 0.25) is 0 Å². The lowest BCUT2D eigenvalue weighted by atomic mass is 10.1. The van der Waals surface area contributed by atoms with Crippen LogP contribution in [0.5, 0.6) is 0 Å². The van der Waals surface area contributed by atoms with Gasteiger partial charge in [-0.05, 0) is 84.0 Å². The van der Waals surface area contributed by atoms with Gasteiger partial charge in [-0.3, -0.25) is 0 Å². The number of unbranched alkanes of at least 4 members (excludes halogenated alkanes) is 12. The molecule has 0 fully saturated rings. The third-order valence-corrected chi connectivity index (χ3v) is 12.7. The SMILES string of the molecule is CCCC[N+](CCCC)(CCCC)CCCC.CCCC[N+](CCCC)(CCCC)CCCC.CCCC[N+](CCCC)(CCCC)CCCC.CCOP(=O)([O-])[O-].[Br-]. The quantitative estimate of drug-likeness (QED) is 0.0457. The smallest absolute Gasteiger partial charge is 0.0786 e. The van der Waals surface area contributed by atoms with Gasteiger partial charge in [-0.1, -0.05) is 160 Å². The summed E-state index contributed by atoms with van der Waals surface area (Å²) < 4.78 is 17.4. The van der Waals surface area contributed by atoms with E-state index in [0.717, 1.165) is 0 Å². The Morgan fingerprint density at radius 1 is 0.305 bits per heavy atom. The molecule has 0 aromatic carbocycles. The highest BCUT2D eigenvalue weighted by atomic mass is 79.9. The van der Waals surface area contributed by atoms with Crippen LogP contribution in [-0.2, 0) is 9.09 Å². The number of phosphoric acid groups is 1. The zero-order valence-electron chi connectivity index (χ0n) is 43.0. The summed E-state index contributed by atoms with van der Waals surface area (Å²) in [5.74, 6) is 0. The highest BCUT2D eigenvalue weighted by molar-refractivity contribution is 7.43. The molecule has 0 rings (SSSR count). The maximum absolute atomic E-state index is 9.48. The van der Waals surface area contributed by atoms with Gasteiger partial charge in [-0.2, -0.15) is 0 Å². The lowest BCUT2D eigenvalue weighted by Crippen LogP contribution is -3.00. The second-order valence-corrected chi connectivity index (χ2v) is 19.0. The Labute approximate surface area is 384 Å². The number of nitrogens with zero attached hydrogens (tertiary/aromatic N) is 3. The molecule has 0 spiro atoms. The van der Waals surface area contributed by atoms with E-state index in [2.05, 4.69) is 87.6 Å². The predicted molar refractivity (Wildman–Crippen MR) is 257 cm³/mol. The minimum atomic E-state index is -4.67.